The third-order valence-corrected chi connectivity index (χ3v) is 6.10. The minimum absolute atomic E-state index is 0.0347. The molecule has 1 aromatic heterocycles. The minimum atomic E-state index is -0.439. The monoisotopic (exact) mass is 419 g/mol. The molecule has 0 aliphatic carbocycles. The summed E-state index contributed by atoms with van der Waals surface area (Å²) >= 11 is 1.16. The highest BCUT2D eigenvalue weighted by Crippen LogP contribution is 2.32. The summed E-state index contributed by atoms with van der Waals surface area (Å²) in [6, 6.07) is 19.1. The first-order chi connectivity index (χ1) is 14.5. The van der Waals surface area contributed by atoms with E-state index in [1.54, 1.807) is 4.90 Å². The van der Waals surface area contributed by atoms with Gasteiger partial charge in [0.05, 0.1) is 16.5 Å². The Balaban J connectivity index is 1.46. The number of amides is 2. The van der Waals surface area contributed by atoms with E-state index >= 15 is 0 Å². The highest BCUT2D eigenvalue weighted by atomic mass is 32.1. The van der Waals surface area contributed by atoms with Gasteiger partial charge < -0.3 is 10.2 Å². The van der Waals surface area contributed by atoms with Gasteiger partial charge in [0, 0.05) is 32.0 Å². The van der Waals surface area contributed by atoms with Crippen LogP contribution in [0.1, 0.15) is 28.6 Å². The normalized spacial score (nSPS) is 16.0. The SMILES string of the molecule is CC(=O)c1sc(NC(=O)[C@H]2CC(=O)N(Cc3ccccc3)C2)nc1-c1ccccc1. The van der Waals surface area contributed by atoms with Crippen LogP contribution in [0.4, 0.5) is 5.13 Å². The van der Waals surface area contributed by atoms with Gasteiger partial charge in [-0.2, -0.15) is 0 Å². The van der Waals surface area contributed by atoms with Crippen LogP contribution in [0.3, 0.4) is 0 Å². The van der Waals surface area contributed by atoms with Crippen molar-refractivity contribution in [2.24, 2.45) is 5.92 Å². The van der Waals surface area contributed by atoms with Crippen LogP contribution in [0, 0.1) is 5.92 Å². The van der Waals surface area contributed by atoms with E-state index in [4.69, 9.17) is 0 Å². The quantitative estimate of drug-likeness (QED) is 0.613. The van der Waals surface area contributed by atoms with Crippen molar-refractivity contribution in [2.75, 3.05) is 11.9 Å². The number of hydrogen-bond acceptors (Lipinski definition) is 5. The summed E-state index contributed by atoms with van der Waals surface area (Å²) in [7, 11) is 0. The van der Waals surface area contributed by atoms with E-state index < -0.39 is 5.92 Å². The van der Waals surface area contributed by atoms with Crippen LogP contribution in [-0.4, -0.2) is 34.0 Å². The van der Waals surface area contributed by atoms with Gasteiger partial charge in [-0.05, 0) is 5.56 Å². The zero-order valence-corrected chi connectivity index (χ0v) is 17.3. The number of rotatable bonds is 6. The minimum Gasteiger partial charge on any atom is -0.338 e. The van der Waals surface area contributed by atoms with Crippen molar-refractivity contribution in [1.29, 1.82) is 0 Å². The lowest BCUT2D eigenvalue weighted by Gasteiger charge is -2.16. The number of Topliss-reactive ketones (excluding diaryl/α,β-unsaturated/α-hetero) is 1. The van der Waals surface area contributed by atoms with E-state index in [2.05, 4.69) is 10.3 Å². The van der Waals surface area contributed by atoms with Crippen molar-refractivity contribution in [3.8, 4) is 11.3 Å². The molecule has 2 heterocycles. The molecule has 2 aromatic carbocycles. The fraction of sp³-hybridized carbons (Fsp3) is 0.217. The molecule has 1 N–H and O–H groups in total. The first-order valence-electron chi connectivity index (χ1n) is 9.71. The summed E-state index contributed by atoms with van der Waals surface area (Å²) in [5, 5.41) is 3.18. The highest BCUT2D eigenvalue weighted by molar-refractivity contribution is 7.18. The molecule has 1 atom stereocenters. The van der Waals surface area contributed by atoms with Crippen LogP contribution in [0.5, 0.6) is 0 Å². The van der Waals surface area contributed by atoms with E-state index in [0.717, 1.165) is 22.5 Å². The smallest absolute Gasteiger partial charge is 0.231 e. The van der Waals surface area contributed by atoms with Crippen LogP contribution in [0.15, 0.2) is 60.7 Å². The number of hydrogen-bond donors (Lipinski definition) is 1. The lowest BCUT2D eigenvalue weighted by atomic mass is 10.1. The first kappa shape index (κ1) is 20.0. The highest BCUT2D eigenvalue weighted by Gasteiger charge is 2.34. The van der Waals surface area contributed by atoms with Crippen molar-refractivity contribution in [2.45, 2.75) is 19.9 Å². The molecule has 0 bridgehead atoms. The second-order valence-corrected chi connectivity index (χ2v) is 8.27. The molecule has 1 saturated heterocycles. The van der Waals surface area contributed by atoms with Gasteiger partial charge in [0.2, 0.25) is 11.8 Å². The molecule has 0 spiro atoms. The number of carbonyl (C=O) groups is 3. The topological polar surface area (TPSA) is 79.4 Å². The Bertz CT molecular complexity index is 1080. The number of likely N-dealkylation sites (tertiary alicyclic amines) is 1. The predicted molar refractivity (Wildman–Crippen MR) is 116 cm³/mol. The molecule has 4 rings (SSSR count). The van der Waals surface area contributed by atoms with Gasteiger partial charge >= 0.3 is 0 Å². The fourth-order valence-corrected chi connectivity index (χ4v) is 4.40. The lowest BCUT2D eigenvalue weighted by Crippen LogP contribution is -2.28. The van der Waals surface area contributed by atoms with E-state index in [0.29, 0.717) is 28.8 Å². The Hall–Kier alpha value is -3.32. The van der Waals surface area contributed by atoms with E-state index in [-0.39, 0.29) is 24.0 Å². The molecule has 1 aliphatic rings. The molecule has 6 nitrogen and oxygen atoms in total. The number of benzene rings is 2. The van der Waals surface area contributed by atoms with Crippen LogP contribution >= 0.6 is 11.3 Å². The Morgan fingerprint density at radius 2 is 1.77 bits per heavy atom. The van der Waals surface area contributed by atoms with Gasteiger partial charge in [0.15, 0.2) is 10.9 Å². The molecule has 0 saturated carbocycles. The third kappa shape index (κ3) is 4.31. The van der Waals surface area contributed by atoms with Crippen LogP contribution in [0.25, 0.3) is 11.3 Å². The number of thiazole rings is 1. The number of aromatic nitrogens is 1. The average molecular weight is 420 g/mol. The van der Waals surface area contributed by atoms with Gasteiger partial charge in [0.25, 0.3) is 0 Å². The fourth-order valence-electron chi connectivity index (χ4n) is 3.52. The van der Waals surface area contributed by atoms with Crippen molar-refractivity contribution in [3.63, 3.8) is 0 Å². The van der Waals surface area contributed by atoms with E-state index in [9.17, 15) is 14.4 Å². The maximum atomic E-state index is 12.8. The summed E-state index contributed by atoms with van der Waals surface area (Å²) in [6.45, 7) is 2.35. The van der Waals surface area contributed by atoms with Crippen LogP contribution in [0.2, 0.25) is 0 Å². The summed E-state index contributed by atoms with van der Waals surface area (Å²) in [4.78, 5) is 43.9. The van der Waals surface area contributed by atoms with Gasteiger partial charge in [-0.15, -0.1) is 0 Å². The molecule has 1 aliphatic heterocycles. The maximum absolute atomic E-state index is 12.8. The molecule has 7 heteroatoms. The number of nitrogens with one attached hydrogen (secondary N) is 1. The number of carbonyl (C=O) groups excluding carboxylic acids is 3. The second kappa shape index (κ2) is 8.59. The summed E-state index contributed by atoms with van der Waals surface area (Å²) in [5.41, 5.74) is 2.42. The van der Waals surface area contributed by atoms with Gasteiger partial charge in [-0.3, -0.25) is 14.4 Å². The zero-order valence-electron chi connectivity index (χ0n) is 16.5. The van der Waals surface area contributed by atoms with Crippen molar-refractivity contribution < 1.29 is 14.4 Å². The Morgan fingerprint density at radius 3 is 2.43 bits per heavy atom. The van der Waals surface area contributed by atoms with Crippen LogP contribution < -0.4 is 5.32 Å². The predicted octanol–water partition coefficient (Wildman–Crippen LogP) is 4.00. The largest absolute Gasteiger partial charge is 0.338 e. The Kier molecular flexibility index (Phi) is 5.72. The Labute approximate surface area is 178 Å². The molecule has 152 valence electrons. The summed E-state index contributed by atoms with van der Waals surface area (Å²) in [6.07, 6.45) is 0.176. The zero-order chi connectivity index (χ0) is 21.1. The van der Waals surface area contributed by atoms with Crippen molar-refractivity contribution in [3.05, 3.63) is 71.1 Å². The molecule has 3 aromatic rings. The number of anilines is 1. The first-order valence-corrected chi connectivity index (χ1v) is 10.5. The molecular formula is C23H21N3O3S. The number of ketones is 1. The third-order valence-electron chi connectivity index (χ3n) is 5.03. The standard InChI is InChI=1S/C23H21N3O3S/c1-15(27)21-20(17-10-6-3-7-11-17)24-23(30-21)25-22(29)18-12-19(28)26(14-18)13-16-8-4-2-5-9-16/h2-11,18H,12-14H2,1H3,(H,24,25,29)/t18-/m0/s1. The van der Waals surface area contributed by atoms with Gasteiger partial charge in [0.1, 0.15) is 0 Å². The molecule has 0 radical (unpaired) electrons. The second-order valence-electron chi connectivity index (χ2n) is 7.27. The van der Waals surface area contributed by atoms with Crippen molar-refractivity contribution in [1.82, 2.24) is 9.88 Å². The average Bonchev–Trinajstić information content (AvgIpc) is 3.33. The molecule has 2 amide bonds. The number of nitrogens with zero attached hydrogens (tertiary/aromatic N) is 2. The van der Waals surface area contributed by atoms with E-state index in [1.807, 2.05) is 60.7 Å². The van der Waals surface area contributed by atoms with Gasteiger partial charge in [-0.25, -0.2) is 4.98 Å². The molecule has 30 heavy (non-hydrogen) atoms. The molecule has 1 fully saturated rings. The molecular weight excluding hydrogens is 398 g/mol. The lowest BCUT2D eigenvalue weighted by molar-refractivity contribution is -0.128. The summed E-state index contributed by atoms with van der Waals surface area (Å²) in [5.74, 6) is -0.821. The van der Waals surface area contributed by atoms with Gasteiger partial charge in [-0.1, -0.05) is 72.0 Å². The van der Waals surface area contributed by atoms with E-state index in [1.165, 1.54) is 6.92 Å². The summed E-state index contributed by atoms with van der Waals surface area (Å²) < 4.78 is 0. The maximum Gasteiger partial charge on any atom is 0.231 e. The van der Waals surface area contributed by atoms with Crippen molar-refractivity contribution >= 4 is 34.1 Å². The molecule has 0 unspecified atom stereocenters. The Morgan fingerprint density at radius 1 is 1.10 bits per heavy atom. The van der Waals surface area contributed by atoms with Crippen LogP contribution in [-0.2, 0) is 16.1 Å².